The highest BCUT2D eigenvalue weighted by Crippen LogP contribution is 2.33. The lowest BCUT2D eigenvalue weighted by atomic mass is 10.1. The molecule has 0 saturated heterocycles. The molecular weight excluding hydrogens is 232 g/mol. The fourth-order valence-corrected chi connectivity index (χ4v) is 3.73. The van der Waals surface area contributed by atoms with E-state index in [1.54, 1.807) is 17.8 Å². The molecule has 0 atom stereocenters. The minimum atomic E-state index is -0.817. The van der Waals surface area contributed by atoms with Gasteiger partial charge in [-0.2, -0.15) is 0 Å². The number of hydrogen-bond donors (Lipinski definition) is 1. The van der Waals surface area contributed by atoms with E-state index < -0.39 is 5.97 Å². The normalized spacial score (nSPS) is 16.3. The van der Waals surface area contributed by atoms with E-state index >= 15 is 0 Å². The molecule has 0 bridgehead atoms. The Hall–Kier alpha value is -0.960. The molecule has 1 N–H and O–H groups in total. The Morgan fingerprint density at radius 3 is 2.76 bits per heavy atom. The molecular formula is C14H18O2S. The average molecular weight is 250 g/mol. The van der Waals surface area contributed by atoms with E-state index in [0.717, 1.165) is 22.1 Å². The van der Waals surface area contributed by atoms with Crippen molar-refractivity contribution in [1.29, 1.82) is 0 Å². The molecule has 1 aromatic rings. The number of benzene rings is 1. The number of carboxylic acid groups (broad SMARTS) is 1. The largest absolute Gasteiger partial charge is 0.478 e. The molecule has 1 saturated carbocycles. The summed E-state index contributed by atoms with van der Waals surface area (Å²) in [6.45, 7) is 1.99. The third kappa shape index (κ3) is 3.03. The van der Waals surface area contributed by atoms with Gasteiger partial charge in [0.2, 0.25) is 0 Å². The number of hydrogen-bond acceptors (Lipinski definition) is 2. The van der Waals surface area contributed by atoms with Crippen LogP contribution in [0.3, 0.4) is 0 Å². The maximum absolute atomic E-state index is 11.2. The highest BCUT2D eigenvalue weighted by molar-refractivity contribution is 7.99. The van der Waals surface area contributed by atoms with Crippen molar-refractivity contribution in [3.05, 3.63) is 29.3 Å². The Labute approximate surface area is 106 Å². The molecule has 92 valence electrons. The number of aromatic carboxylic acids is 1. The monoisotopic (exact) mass is 250 g/mol. The fourth-order valence-electron chi connectivity index (χ4n) is 2.39. The zero-order valence-corrected chi connectivity index (χ0v) is 10.9. The van der Waals surface area contributed by atoms with Gasteiger partial charge in [-0.25, -0.2) is 4.79 Å². The maximum Gasteiger partial charge on any atom is 0.336 e. The Balaban J connectivity index is 2.10. The predicted octanol–water partition coefficient (Wildman–Crippen LogP) is 3.98. The van der Waals surface area contributed by atoms with Crippen LogP contribution >= 0.6 is 11.8 Å². The standard InChI is InChI=1S/C14H18O2S/c1-10-5-4-8-12(14(15)16)13(10)17-9-11-6-2-3-7-11/h4-5,8,11H,2-3,6-7,9H2,1H3,(H,15,16). The van der Waals surface area contributed by atoms with Crippen molar-refractivity contribution in [3.63, 3.8) is 0 Å². The summed E-state index contributed by atoms with van der Waals surface area (Å²) >= 11 is 1.72. The zero-order chi connectivity index (χ0) is 12.3. The highest BCUT2D eigenvalue weighted by Gasteiger charge is 2.18. The minimum Gasteiger partial charge on any atom is -0.478 e. The number of thioether (sulfide) groups is 1. The van der Waals surface area contributed by atoms with Crippen molar-refractivity contribution in [2.24, 2.45) is 5.92 Å². The predicted molar refractivity (Wildman–Crippen MR) is 70.8 cm³/mol. The first kappa shape index (κ1) is 12.5. The van der Waals surface area contributed by atoms with Crippen molar-refractivity contribution < 1.29 is 9.90 Å². The van der Waals surface area contributed by atoms with E-state index in [1.807, 2.05) is 19.1 Å². The van der Waals surface area contributed by atoms with Crippen LogP contribution in [0.15, 0.2) is 23.1 Å². The van der Waals surface area contributed by atoms with Crippen LogP contribution in [-0.2, 0) is 0 Å². The molecule has 1 aliphatic carbocycles. The van der Waals surface area contributed by atoms with Crippen molar-refractivity contribution in [2.75, 3.05) is 5.75 Å². The Morgan fingerprint density at radius 1 is 1.41 bits per heavy atom. The molecule has 0 heterocycles. The van der Waals surface area contributed by atoms with Crippen LogP contribution in [0.5, 0.6) is 0 Å². The molecule has 0 aliphatic heterocycles. The van der Waals surface area contributed by atoms with Gasteiger partial charge in [0.1, 0.15) is 0 Å². The number of carbonyl (C=O) groups is 1. The van der Waals surface area contributed by atoms with Crippen molar-refractivity contribution in [2.45, 2.75) is 37.5 Å². The van der Waals surface area contributed by atoms with Gasteiger partial charge in [0.05, 0.1) is 5.56 Å². The molecule has 0 aromatic heterocycles. The summed E-state index contributed by atoms with van der Waals surface area (Å²) < 4.78 is 0. The SMILES string of the molecule is Cc1cccc(C(=O)O)c1SCC1CCCC1. The first-order valence-electron chi connectivity index (χ1n) is 6.14. The summed E-state index contributed by atoms with van der Waals surface area (Å²) in [5.41, 5.74) is 1.53. The molecule has 2 rings (SSSR count). The lowest BCUT2D eigenvalue weighted by Crippen LogP contribution is -2.03. The van der Waals surface area contributed by atoms with Crippen LogP contribution < -0.4 is 0 Å². The second kappa shape index (κ2) is 5.58. The third-order valence-electron chi connectivity index (χ3n) is 3.38. The molecule has 2 nitrogen and oxygen atoms in total. The van der Waals surface area contributed by atoms with E-state index in [9.17, 15) is 4.79 Å². The fraction of sp³-hybridized carbons (Fsp3) is 0.500. The van der Waals surface area contributed by atoms with Crippen molar-refractivity contribution in [1.82, 2.24) is 0 Å². The molecule has 1 fully saturated rings. The van der Waals surface area contributed by atoms with Gasteiger partial charge in [-0.1, -0.05) is 25.0 Å². The van der Waals surface area contributed by atoms with E-state index in [0.29, 0.717) is 5.56 Å². The van der Waals surface area contributed by atoms with Gasteiger partial charge < -0.3 is 5.11 Å². The molecule has 1 aliphatic rings. The number of aryl methyl sites for hydroxylation is 1. The Bertz CT molecular complexity index is 409. The average Bonchev–Trinajstić information content (AvgIpc) is 2.80. The number of carboxylic acids is 1. The second-order valence-corrected chi connectivity index (χ2v) is 5.75. The Morgan fingerprint density at radius 2 is 2.12 bits per heavy atom. The summed E-state index contributed by atoms with van der Waals surface area (Å²) in [5.74, 6) is 1.02. The summed E-state index contributed by atoms with van der Waals surface area (Å²) in [5, 5.41) is 9.17. The van der Waals surface area contributed by atoms with Gasteiger partial charge >= 0.3 is 5.97 Å². The Kier molecular flexibility index (Phi) is 4.11. The van der Waals surface area contributed by atoms with Crippen LogP contribution in [-0.4, -0.2) is 16.8 Å². The summed E-state index contributed by atoms with van der Waals surface area (Å²) in [4.78, 5) is 12.1. The molecule has 1 aromatic carbocycles. The van der Waals surface area contributed by atoms with Crippen LogP contribution in [0.25, 0.3) is 0 Å². The van der Waals surface area contributed by atoms with Crippen LogP contribution in [0.1, 0.15) is 41.6 Å². The summed E-state index contributed by atoms with van der Waals surface area (Å²) in [6, 6.07) is 5.51. The van der Waals surface area contributed by atoms with Gasteiger partial charge in [-0.15, -0.1) is 11.8 Å². The second-order valence-electron chi connectivity index (χ2n) is 4.72. The van der Waals surface area contributed by atoms with Crippen LogP contribution in [0, 0.1) is 12.8 Å². The molecule has 0 radical (unpaired) electrons. The van der Waals surface area contributed by atoms with Crippen LogP contribution in [0.4, 0.5) is 0 Å². The summed E-state index contributed by atoms with van der Waals surface area (Å²) in [7, 11) is 0. The lowest BCUT2D eigenvalue weighted by molar-refractivity contribution is 0.0693. The first-order chi connectivity index (χ1) is 8.18. The first-order valence-corrected chi connectivity index (χ1v) is 7.12. The minimum absolute atomic E-state index is 0.452. The van der Waals surface area contributed by atoms with E-state index in [-0.39, 0.29) is 0 Å². The topological polar surface area (TPSA) is 37.3 Å². The smallest absolute Gasteiger partial charge is 0.336 e. The van der Waals surface area contributed by atoms with Crippen molar-refractivity contribution >= 4 is 17.7 Å². The van der Waals surface area contributed by atoms with Crippen LogP contribution in [0.2, 0.25) is 0 Å². The van der Waals surface area contributed by atoms with Crippen molar-refractivity contribution in [3.8, 4) is 0 Å². The highest BCUT2D eigenvalue weighted by atomic mass is 32.2. The van der Waals surface area contributed by atoms with Gasteiger partial charge in [-0.05, 0) is 37.3 Å². The van der Waals surface area contributed by atoms with Gasteiger partial charge in [0, 0.05) is 10.6 Å². The van der Waals surface area contributed by atoms with Gasteiger partial charge in [0.15, 0.2) is 0 Å². The molecule has 3 heteroatoms. The van der Waals surface area contributed by atoms with Gasteiger partial charge in [0.25, 0.3) is 0 Å². The molecule has 17 heavy (non-hydrogen) atoms. The molecule has 0 unspecified atom stereocenters. The number of rotatable bonds is 4. The van der Waals surface area contributed by atoms with E-state index in [1.165, 1.54) is 25.7 Å². The summed E-state index contributed by atoms with van der Waals surface area (Å²) in [6.07, 6.45) is 5.29. The van der Waals surface area contributed by atoms with E-state index in [4.69, 9.17) is 5.11 Å². The maximum atomic E-state index is 11.2. The van der Waals surface area contributed by atoms with E-state index in [2.05, 4.69) is 0 Å². The molecule has 0 spiro atoms. The third-order valence-corrected chi connectivity index (χ3v) is 4.85. The lowest BCUT2D eigenvalue weighted by Gasteiger charge is -2.12. The quantitative estimate of drug-likeness (QED) is 0.821. The van der Waals surface area contributed by atoms with Gasteiger partial charge in [-0.3, -0.25) is 0 Å². The molecule has 0 amide bonds. The zero-order valence-electron chi connectivity index (χ0n) is 10.1.